The van der Waals surface area contributed by atoms with E-state index in [1.54, 1.807) is 30.3 Å². The summed E-state index contributed by atoms with van der Waals surface area (Å²) < 4.78 is 5.53. The summed E-state index contributed by atoms with van der Waals surface area (Å²) in [4.78, 5) is 11.8. The van der Waals surface area contributed by atoms with Gasteiger partial charge in [0.25, 0.3) is 0 Å². The van der Waals surface area contributed by atoms with Crippen molar-refractivity contribution in [2.45, 2.75) is 6.42 Å². The SMILES string of the molecule is O=C(NCCCOc1ccccc1Cl)Nc1cc(Cl)cc(Cl)c1. The molecule has 0 atom stereocenters. The zero-order valence-electron chi connectivity index (χ0n) is 12.1. The molecule has 7 heteroatoms. The monoisotopic (exact) mass is 372 g/mol. The fraction of sp³-hybridized carbons (Fsp3) is 0.188. The number of carbonyl (C=O) groups excluding carboxylic acids is 1. The van der Waals surface area contributed by atoms with Crippen molar-refractivity contribution in [2.75, 3.05) is 18.5 Å². The molecule has 2 rings (SSSR count). The fourth-order valence-electron chi connectivity index (χ4n) is 1.82. The van der Waals surface area contributed by atoms with Gasteiger partial charge in [0.1, 0.15) is 5.75 Å². The van der Waals surface area contributed by atoms with Crippen molar-refractivity contribution in [2.24, 2.45) is 0 Å². The number of para-hydroxylation sites is 1. The first kappa shape index (κ1) is 17.7. The van der Waals surface area contributed by atoms with E-state index in [-0.39, 0.29) is 6.03 Å². The van der Waals surface area contributed by atoms with Gasteiger partial charge in [0.15, 0.2) is 0 Å². The molecule has 0 saturated carbocycles. The van der Waals surface area contributed by atoms with E-state index in [2.05, 4.69) is 10.6 Å². The highest BCUT2D eigenvalue weighted by Crippen LogP contribution is 2.23. The number of rotatable bonds is 6. The van der Waals surface area contributed by atoms with Crippen LogP contribution in [0.4, 0.5) is 10.5 Å². The number of carbonyl (C=O) groups is 1. The molecule has 0 aromatic heterocycles. The van der Waals surface area contributed by atoms with Crippen LogP contribution in [-0.4, -0.2) is 19.2 Å². The van der Waals surface area contributed by atoms with Gasteiger partial charge in [0.05, 0.1) is 11.6 Å². The Kier molecular flexibility index (Phi) is 6.84. The maximum absolute atomic E-state index is 11.8. The smallest absolute Gasteiger partial charge is 0.319 e. The number of nitrogens with one attached hydrogen (secondary N) is 2. The first-order chi connectivity index (χ1) is 11.0. The Morgan fingerprint density at radius 3 is 2.43 bits per heavy atom. The van der Waals surface area contributed by atoms with Crippen LogP contribution in [0.15, 0.2) is 42.5 Å². The third kappa shape index (κ3) is 6.18. The molecule has 0 spiro atoms. The molecular formula is C16H15Cl3N2O2. The topological polar surface area (TPSA) is 50.4 Å². The average molecular weight is 374 g/mol. The first-order valence-corrected chi connectivity index (χ1v) is 8.06. The first-order valence-electron chi connectivity index (χ1n) is 6.93. The predicted octanol–water partition coefficient (Wildman–Crippen LogP) is 5.24. The third-order valence-corrected chi connectivity index (χ3v) is 3.57. The second-order valence-corrected chi connectivity index (χ2v) is 5.95. The summed E-state index contributed by atoms with van der Waals surface area (Å²) in [6, 6.07) is 11.7. The van der Waals surface area contributed by atoms with E-state index >= 15 is 0 Å². The van der Waals surface area contributed by atoms with Crippen molar-refractivity contribution in [3.8, 4) is 5.75 Å². The van der Waals surface area contributed by atoms with Gasteiger partial charge in [-0.1, -0.05) is 46.9 Å². The van der Waals surface area contributed by atoms with Gasteiger partial charge in [0.2, 0.25) is 0 Å². The van der Waals surface area contributed by atoms with Gasteiger partial charge in [-0.2, -0.15) is 0 Å². The number of urea groups is 1. The van der Waals surface area contributed by atoms with Crippen LogP contribution in [0.3, 0.4) is 0 Å². The molecule has 0 heterocycles. The van der Waals surface area contributed by atoms with Crippen LogP contribution >= 0.6 is 34.8 Å². The summed E-state index contributed by atoms with van der Waals surface area (Å²) in [5, 5.41) is 6.87. The minimum absolute atomic E-state index is 0.332. The lowest BCUT2D eigenvalue weighted by molar-refractivity contribution is 0.250. The third-order valence-electron chi connectivity index (χ3n) is 2.82. The number of benzene rings is 2. The number of hydrogen-bond donors (Lipinski definition) is 2. The number of ether oxygens (including phenoxy) is 1. The van der Waals surface area contributed by atoms with E-state index < -0.39 is 0 Å². The Hall–Kier alpha value is -1.62. The highest BCUT2D eigenvalue weighted by Gasteiger charge is 2.04. The highest BCUT2D eigenvalue weighted by molar-refractivity contribution is 6.35. The summed E-state index contributed by atoms with van der Waals surface area (Å²) in [6.45, 7) is 0.914. The van der Waals surface area contributed by atoms with Crippen LogP contribution in [-0.2, 0) is 0 Å². The van der Waals surface area contributed by atoms with E-state index in [1.165, 1.54) is 0 Å². The highest BCUT2D eigenvalue weighted by atomic mass is 35.5. The molecule has 23 heavy (non-hydrogen) atoms. The minimum Gasteiger partial charge on any atom is -0.492 e. The quantitative estimate of drug-likeness (QED) is 0.681. The van der Waals surface area contributed by atoms with Gasteiger partial charge in [-0.25, -0.2) is 4.79 Å². The van der Waals surface area contributed by atoms with Crippen molar-refractivity contribution in [1.29, 1.82) is 0 Å². The van der Waals surface area contributed by atoms with Gasteiger partial charge >= 0.3 is 6.03 Å². The zero-order chi connectivity index (χ0) is 16.7. The molecule has 122 valence electrons. The largest absolute Gasteiger partial charge is 0.492 e. The molecule has 0 bridgehead atoms. The van der Waals surface area contributed by atoms with Gasteiger partial charge in [-0.3, -0.25) is 0 Å². The van der Waals surface area contributed by atoms with E-state index in [0.29, 0.717) is 46.1 Å². The van der Waals surface area contributed by atoms with Crippen molar-refractivity contribution in [1.82, 2.24) is 5.32 Å². The summed E-state index contributed by atoms with van der Waals surface area (Å²) in [6.07, 6.45) is 0.648. The molecule has 0 aliphatic carbocycles. The Labute approximate surface area is 149 Å². The van der Waals surface area contributed by atoms with Crippen LogP contribution < -0.4 is 15.4 Å². The van der Waals surface area contributed by atoms with Crippen LogP contribution in [0.1, 0.15) is 6.42 Å². The average Bonchev–Trinajstić information content (AvgIpc) is 2.47. The number of anilines is 1. The summed E-state index contributed by atoms with van der Waals surface area (Å²) in [7, 11) is 0. The number of hydrogen-bond acceptors (Lipinski definition) is 2. The second-order valence-electron chi connectivity index (χ2n) is 4.67. The molecule has 0 aliphatic rings. The molecule has 2 N–H and O–H groups in total. The lowest BCUT2D eigenvalue weighted by Crippen LogP contribution is -2.30. The van der Waals surface area contributed by atoms with E-state index in [4.69, 9.17) is 39.5 Å². The maximum atomic E-state index is 11.8. The minimum atomic E-state index is -0.332. The van der Waals surface area contributed by atoms with Crippen molar-refractivity contribution in [3.63, 3.8) is 0 Å². The predicted molar refractivity (Wildman–Crippen MR) is 95.0 cm³/mol. The summed E-state index contributed by atoms with van der Waals surface area (Å²) >= 11 is 17.7. The second kappa shape index (κ2) is 8.87. The van der Waals surface area contributed by atoms with Crippen LogP contribution in [0.5, 0.6) is 5.75 Å². The lowest BCUT2D eigenvalue weighted by atomic mass is 10.3. The van der Waals surface area contributed by atoms with Gasteiger partial charge in [-0.05, 0) is 36.8 Å². The molecule has 0 radical (unpaired) electrons. The maximum Gasteiger partial charge on any atom is 0.319 e. The van der Waals surface area contributed by atoms with Crippen LogP contribution in [0, 0.1) is 0 Å². The van der Waals surface area contributed by atoms with E-state index in [9.17, 15) is 4.79 Å². The van der Waals surface area contributed by atoms with Gasteiger partial charge < -0.3 is 15.4 Å². The number of halogens is 3. The molecule has 4 nitrogen and oxygen atoms in total. The zero-order valence-corrected chi connectivity index (χ0v) is 14.4. The summed E-state index contributed by atoms with van der Waals surface area (Å²) in [5.41, 5.74) is 0.535. The van der Waals surface area contributed by atoms with Crippen molar-refractivity contribution >= 4 is 46.5 Å². The Balaban J connectivity index is 1.68. The molecule has 0 fully saturated rings. The van der Waals surface area contributed by atoms with Crippen LogP contribution in [0.25, 0.3) is 0 Å². The van der Waals surface area contributed by atoms with E-state index in [1.807, 2.05) is 12.1 Å². The molecule has 2 amide bonds. The Bertz CT molecular complexity index is 660. The number of amides is 2. The molecule has 2 aromatic carbocycles. The van der Waals surface area contributed by atoms with Crippen molar-refractivity contribution in [3.05, 3.63) is 57.5 Å². The normalized spacial score (nSPS) is 10.2. The molecule has 0 saturated heterocycles. The Morgan fingerprint density at radius 2 is 1.74 bits per heavy atom. The molecule has 2 aromatic rings. The van der Waals surface area contributed by atoms with Crippen molar-refractivity contribution < 1.29 is 9.53 Å². The van der Waals surface area contributed by atoms with Gasteiger partial charge in [-0.15, -0.1) is 0 Å². The molecule has 0 aliphatic heterocycles. The molecule has 0 unspecified atom stereocenters. The van der Waals surface area contributed by atoms with E-state index in [0.717, 1.165) is 0 Å². The lowest BCUT2D eigenvalue weighted by Gasteiger charge is -2.10. The van der Waals surface area contributed by atoms with Crippen LogP contribution in [0.2, 0.25) is 15.1 Å². The standard InChI is InChI=1S/C16H15Cl3N2O2/c17-11-8-12(18)10-13(9-11)21-16(22)20-6-3-7-23-15-5-2-1-4-14(15)19/h1-2,4-5,8-10H,3,6-7H2,(H2,20,21,22). The fourth-order valence-corrected chi connectivity index (χ4v) is 2.54. The Morgan fingerprint density at radius 1 is 1.04 bits per heavy atom. The van der Waals surface area contributed by atoms with Gasteiger partial charge in [0, 0.05) is 22.3 Å². The molecular weight excluding hydrogens is 359 g/mol. The summed E-state index contributed by atoms with van der Waals surface area (Å²) in [5.74, 6) is 0.632.